The van der Waals surface area contributed by atoms with E-state index in [0.29, 0.717) is 35.1 Å². The molecule has 7 nitrogen and oxygen atoms in total. The molecule has 27 heavy (non-hydrogen) atoms. The minimum Gasteiger partial charge on any atom is -0.504 e. The van der Waals surface area contributed by atoms with Crippen LogP contribution in [0.15, 0.2) is 36.4 Å². The first-order valence-electron chi connectivity index (χ1n) is 8.14. The number of hydrogen-bond donors (Lipinski definition) is 2. The molecule has 0 spiro atoms. The number of phenols is 1. The summed E-state index contributed by atoms with van der Waals surface area (Å²) in [7, 11) is 6.05. The number of phenolic OH excluding ortho intramolecular Hbond substituents is 1. The highest BCUT2D eigenvalue weighted by molar-refractivity contribution is 5.92. The predicted octanol–water partition coefficient (Wildman–Crippen LogP) is 2.76. The summed E-state index contributed by atoms with van der Waals surface area (Å²) in [6.07, 6.45) is 3.04. The zero-order chi connectivity index (χ0) is 19.8. The number of aromatic hydroxyl groups is 1. The van der Waals surface area contributed by atoms with Gasteiger partial charge in [-0.05, 0) is 35.9 Å². The summed E-state index contributed by atoms with van der Waals surface area (Å²) >= 11 is 0. The molecule has 0 saturated carbocycles. The van der Waals surface area contributed by atoms with Gasteiger partial charge in [0.2, 0.25) is 11.7 Å². The second kappa shape index (κ2) is 9.38. The summed E-state index contributed by atoms with van der Waals surface area (Å²) in [6, 6.07) is 8.40. The summed E-state index contributed by atoms with van der Waals surface area (Å²) in [5.41, 5.74) is 1.48. The van der Waals surface area contributed by atoms with Crippen LogP contribution >= 0.6 is 0 Å². The summed E-state index contributed by atoms with van der Waals surface area (Å²) < 4.78 is 21.0. The van der Waals surface area contributed by atoms with Gasteiger partial charge in [0.1, 0.15) is 0 Å². The third-order valence-electron chi connectivity index (χ3n) is 3.86. The van der Waals surface area contributed by atoms with E-state index in [4.69, 9.17) is 18.9 Å². The number of hydrogen-bond acceptors (Lipinski definition) is 6. The first kappa shape index (κ1) is 20.0. The Morgan fingerprint density at radius 3 is 2.30 bits per heavy atom. The van der Waals surface area contributed by atoms with E-state index in [1.807, 2.05) is 0 Å². The number of carbonyl (C=O) groups is 1. The average Bonchev–Trinajstić information content (AvgIpc) is 2.70. The Morgan fingerprint density at radius 2 is 1.67 bits per heavy atom. The zero-order valence-corrected chi connectivity index (χ0v) is 15.7. The Bertz CT molecular complexity index is 831. The quantitative estimate of drug-likeness (QED) is 0.692. The highest BCUT2D eigenvalue weighted by Gasteiger charge is 2.14. The second-order valence-electron chi connectivity index (χ2n) is 5.48. The van der Waals surface area contributed by atoms with Crippen molar-refractivity contribution in [1.29, 1.82) is 0 Å². The molecular formula is C20H23NO6. The van der Waals surface area contributed by atoms with Gasteiger partial charge in [-0.15, -0.1) is 0 Å². The highest BCUT2D eigenvalue weighted by atomic mass is 16.5. The van der Waals surface area contributed by atoms with Gasteiger partial charge in [-0.2, -0.15) is 0 Å². The standard InChI is InChI=1S/C20H23NO6/c1-24-16-9-6-14(19(26-3)20(16)27-4)7-10-18(23)21-12-13-5-8-15(22)17(11-13)25-2/h5-11,22H,12H2,1-4H3,(H,21,23)/b10-7+. The van der Waals surface area contributed by atoms with E-state index < -0.39 is 0 Å². The lowest BCUT2D eigenvalue weighted by Crippen LogP contribution is -2.20. The van der Waals surface area contributed by atoms with Crippen LogP contribution in [0.2, 0.25) is 0 Å². The Hall–Kier alpha value is -3.35. The molecule has 0 fully saturated rings. The fraction of sp³-hybridized carbons (Fsp3) is 0.250. The van der Waals surface area contributed by atoms with Gasteiger partial charge in [0, 0.05) is 18.2 Å². The molecule has 0 radical (unpaired) electrons. The number of benzene rings is 2. The summed E-state index contributed by atoms with van der Waals surface area (Å²) in [6.45, 7) is 0.295. The van der Waals surface area contributed by atoms with Crippen molar-refractivity contribution in [2.45, 2.75) is 6.54 Å². The lowest BCUT2D eigenvalue weighted by Gasteiger charge is -2.14. The summed E-state index contributed by atoms with van der Waals surface area (Å²) in [5.74, 6) is 1.60. The smallest absolute Gasteiger partial charge is 0.244 e. The van der Waals surface area contributed by atoms with Crippen molar-refractivity contribution >= 4 is 12.0 Å². The second-order valence-corrected chi connectivity index (χ2v) is 5.48. The Morgan fingerprint density at radius 1 is 0.963 bits per heavy atom. The first-order chi connectivity index (χ1) is 13.0. The highest BCUT2D eigenvalue weighted by Crippen LogP contribution is 2.40. The van der Waals surface area contributed by atoms with Gasteiger partial charge in [-0.1, -0.05) is 6.07 Å². The van der Waals surface area contributed by atoms with Crippen LogP contribution in [-0.4, -0.2) is 39.5 Å². The van der Waals surface area contributed by atoms with Crippen LogP contribution in [-0.2, 0) is 11.3 Å². The number of ether oxygens (including phenoxy) is 4. The molecule has 7 heteroatoms. The molecule has 0 aliphatic rings. The van der Waals surface area contributed by atoms with Crippen LogP contribution in [0.4, 0.5) is 0 Å². The van der Waals surface area contributed by atoms with Crippen molar-refractivity contribution in [3.63, 3.8) is 0 Å². The van der Waals surface area contributed by atoms with Gasteiger partial charge in [0.25, 0.3) is 0 Å². The van der Waals surface area contributed by atoms with Crippen molar-refractivity contribution in [2.75, 3.05) is 28.4 Å². The Balaban J connectivity index is 2.08. The number of nitrogens with one attached hydrogen (secondary N) is 1. The maximum Gasteiger partial charge on any atom is 0.244 e. The predicted molar refractivity (Wildman–Crippen MR) is 102 cm³/mol. The largest absolute Gasteiger partial charge is 0.504 e. The minimum absolute atomic E-state index is 0.0491. The van der Waals surface area contributed by atoms with Crippen LogP contribution in [0.25, 0.3) is 6.08 Å². The molecule has 0 aliphatic heterocycles. The van der Waals surface area contributed by atoms with Gasteiger partial charge in [0.15, 0.2) is 23.0 Å². The topological polar surface area (TPSA) is 86.3 Å². The van der Waals surface area contributed by atoms with Crippen LogP contribution in [0.1, 0.15) is 11.1 Å². The number of carbonyl (C=O) groups excluding carboxylic acids is 1. The van der Waals surface area contributed by atoms with Crippen molar-refractivity contribution in [1.82, 2.24) is 5.32 Å². The molecule has 0 saturated heterocycles. The van der Waals surface area contributed by atoms with Crippen molar-refractivity contribution < 1.29 is 28.8 Å². The Labute approximate surface area is 158 Å². The van der Waals surface area contributed by atoms with E-state index in [0.717, 1.165) is 5.56 Å². The Kier molecular flexibility index (Phi) is 6.93. The SMILES string of the molecule is COc1cc(CNC(=O)/C=C/c2ccc(OC)c(OC)c2OC)ccc1O. The fourth-order valence-corrected chi connectivity index (χ4v) is 2.50. The first-order valence-corrected chi connectivity index (χ1v) is 8.14. The van der Waals surface area contributed by atoms with Gasteiger partial charge in [-0.25, -0.2) is 0 Å². The molecule has 2 aromatic carbocycles. The van der Waals surface area contributed by atoms with E-state index in [1.54, 1.807) is 37.5 Å². The normalized spacial score (nSPS) is 10.5. The fourth-order valence-electron chi connectivity index (χ4n) is 2.50. The number of rotatable bonds is 8. The molecule has 2 rings (SSSR count). The molecule has 0 atom stereocenters. The van der Waals surface area contributed by atoms with E-state index in [-0.39, 0.29) is 11.7 Å². The van der Waals surface area contributed by atoms with Crippen molar-refractivity contribution in [3.8, 4) is 28.7 Å². The molecule has 0 bridgehead atoms. The van der Waals surface area contributed by atoms with Crippen molar-refractivity contribution in [2.24, 2.45) is 0 Å². The summed E-state index contributed by atoms with van der Waals surface area (Å²) in [4.78, 5) is 12.1. The van der Waals surface area contributed by atoms with Gasteiger partial charge in [-0.3, -0.25) is 4.79 Å². The third-order valence-corrected chi connectivity index (χ3v) is 3.86. The number of methoxy groups -OCH3 is 4. The monoisotopic (exact) mass is 373 g/mol. The molecule has 1 amide bonds. The van der Waals surface area contributed by atoms with Gasteiger partial charge < -0.3 is 29.4 Å². The average molecular weight is 373 g/mol. The van der Waals surface area contributed by atoms with Crippen LogP contribution in [0, 0.1) is 0 Å². The molecule has 0 aromatic heterocycles. The maximum absolute atomic E-state index is 12.1. The maximum atomic E-state index is 12.1. The van der Waals surface area contributed by atoms with Crippen molar-refractivity contribution in [3.05, 3.63) is 47.5 Å². The van der Waals surface area contributed by atoms with Gasteiger partial charge >= 0.3 is 0 Å². The lowest BCUT2D eigenvalue weighted by molar-refractivity contribution is -0.116. The number of amides is 1. The van der Waals surface area contributed by atoms with E-state index in [9.17, 15) is 9.90 Å². The molecule has 2 aromatic rings. The minimum atomic E-state index is -0.279. The summed E-state index contributed by atoms with van der Waals surface area (Å²) in [5, 5.41) is 12.4. The molecular weight excluding hydrogens is 350 g/mol. The van der Waals surface area contributed by atoms with E-state index in [1.165, 1.54) is 33.5 Å². The molecule has 0 heterocycles. The molecule has 0 aliphatic carbocycles. The molecule has 2 N–H and O–H groups in total. The van der Waals surface area contributed by atoms with Gasteiger partial charge in [0.05, 0.1) is 28.4 Å². The van der Waals surface area contributed by atoms with Crippen LogP contribution < -0.4 is 24.3 Å². The molecule has 0 unspecified atom stereocenters. The third kappa shape index (κ3) is 4.84. The molecule has 144 valence electrons. The van der Waals surface area contributed by atoms with Crippen LogP contribution in [0.3, 0.4) is 0 Å². The van der Waals surface area contributed by atoms with E-state index in [2.05, 4.69) is 5.32 Å². The van der Waals surface area contributed by atoms with E-state index >= 15 is 0 Å². The van der Waals surface area contributed by atoms with Crippen LogP contribution in [0.5, 0.6) is 28.7 Å². The zero-order valence-electron chi connectivity index (χ0n) is 15.7. The lowest BCUT2D eigenvalue weighted by atomic mass is 10.1.